The third kappa shape index (κ3) is 3.75. The average molecular weight is 397 g/mol. The first kappa shape index (κ1) is 18.9. The lowest BCUT2D eigenvalue weighted by atomic mass is 9.74. The lowest BCUT2D eigenvalue weighted by Gasteiger charge is -2.50. The Hall–Kier alpha value is -2.08. The molecular weight excluding hydrogens is 364 g/mol. The van der Waals surface area contributed by atoms with Gasteiger partial charge in [0.1, 0.15) is 5.69 Å². The molecule has 1 aliphatic carbocycles. The van der Waals surface area contributed by atoms with Crippen LogP contribution in [-0.4, -0.2) is 46.3 Å². The number of fused-ring (bicyclic) bond motifs is 3. The van der Waals surface area contributed by atoms with Crippen LogP contribution in [0.5, 0.6) is 0 Å². The highest BCUT2D eigenvalue weighted by Gasteiger charge is 2.42. The minimum absolute atomic E-state index is 0.252. The van der Waals surface area contributed by atoms with Crippen molar-refractivity contribution in [3.8, 4) is 11.5 Å². The quantitative estimate of drug-likeness (QED) is 0.839. The van der Waals surface area contributed by atoms with Gasteiger partial charge in [0.05, 0.1) is 6.26 Å². The van der Waals surface area contributed by atoms with E-state index in [1.165, 1.54) is 31.4 Å². The highest BCUT2D eigenvalue weighted by atomic mass is 16.3. The van der Waals surface area contributed by atoms with Crippen molar-refractivity contribution in [1.82, 2.24) is 20.0 Å². The minimum Gasteiger partial charge on any atom is -0.463 e. The molecule has 5 heterocycles. The molecule has 0 spiro atoms. The van der Waals surface area contributed by atoms with Crippen LogP contribution < -0.4 is 5.32 Å². The first-order valence-electron chi connectivity index (χ1n) is 11.3. The van der Waals surface area contributed by atoms with Crippen LogP contribution >= 0.6 is 0 Å². The van der Waals surface area contributed by atoms with Crippen molar-refractivity contribution in [2.24, 2.45) is 18.9 Å². The zero-order valence-corrected chi connectivity index (χ0v) is 17.3. The van der Waals surface area contributed by atoms with Crippen molar-refractivity contribution >= 4 is 5.91 Å². The van der Waals surface area contributed by atoms with E-state index in [2.05, 4.69) is 21.4 Å². The molecule has 3 saturated heterocycles. The number of hydrogen-bond donors (Lipinski definition) is 1. The summed E-state index contributed by atoms with van der Waals surface area (Å²) in [4.78, 5) is 15.1. The van der Waals surface area contributed by atoms with Crippen LogP contribution in [0.4, 0.5) is 0 Å². The Balaban J connectivity index is 1.22. The van der Waals surface area contributed by atoms with Crippen LogP contribution in [-0.2, 0) is 11.8 Å². The second-order valence-electron chi connectivity index (χ2n) is 9.18. The van der Waals surface area contributed by atoms with E-state index in [4.69, 9.17) is 4.42 Å². The Kier molecular flexibility index (Phi) is 5.20. The van der Waals surface area contributed by atoms with E-state index in [9.17, 15) is 4.79 Å². The smallest absolute Gasteiger partial charge is 0.223 e. The summed E-state index contributed by atoms with van der Waals surface area (Å²) in [6.07, 6.45) is 9.95. The van der Waals surface area contributed by atoms with Crippen LogP contribution in [0, 0.1) is 11.8 Å². The predicted octanol–water partition coefficient (Wildman–Crippen LogP) is 3.55. The molecule has 2 aromatic rings. The number of nitrogens with one attached hydrogen (secondary N) is 1. The molecule has 0 radical (unpaired) electrons. The third-order valence-electron chi connectivity index (χ3n) is 7.44. The molecule has 3 aliphatic heterocycles. The van der Waals surface area contributed by atoms with Gasteiger partial charge >= 0.3 is 0 Å². The van der Waals surface area contributed by atoms with Crippen molar-refractivity contribution < 1.29 is 9.21 Å². The fourth-order valence-electron chi connectivity index (χ4n) is 5.79. The third-order valence-corrected chi connectivity index (χ3v) is 7.44. The second kappa shape index (κ2) is 7.98. The number of carbonyl (C=O) groups is 1. The second-order valence-corrected chi connectivity index (χ2v) is 9.18. The molecule has 4 atom stereocenters. The molecule has 1 amide bonds. The number of nitrogens with zero attached hydrogens (tertiary/aromatic N) is 3. The Bertz CT molecular complexity index is 837. The van der Waals surface area contributed by atoms with Crippen molar-refractivity contribution in [3.63, 3.8) is 0 Å². The predicted molar refractivity (Wildman–Crippen MR) is 111 cm³/mol. The van der Waals surface area contributed by atoms with Crippen LogP contribution in [0.3, 0.4) is 0 Å². The van der Waals surface area contributed by atoms with Gasteiger partial charge < -0.3 is 9.73 Å². The van der Waals surface area contributed by atoms with Gasteiger partial charge in [-0.05, 0) is 56.3 Å². The molecule has 29 heavy (non-hydrogen) atoms. The van der Waals surface area contributed by atoms with E-state index in [-0.39, 0.29) is 5.92 Å². The maximum absolute atomic E-state index is 12.5. The monoisotopic (exact) mass is 396 g/mol. The summed E-state index contributed by atoms with van der Waals surface area (Å²) in [5, 5.41) is 7.97. The van der Waals surface area contributed by atoms with E-state index in [1.807, 2.05) is 23.9 Å². The summed E-state index contributed by atoms with van der Waals surface area (Å²) in [5.74, 6) is 2.54. The molecule has 156 valence electrons. The minimum atomic E-state index is 0.252. The molecule has 4 aliphatic rings. The van der Waals surface area contributed by atoms with Crippen LogP contribution in [0.25, 0.3) is 11.5 Å². The van der Waals surface area contributed by atoms with E-state index in [1.54, 1.807) is 6.26 Å². The fraction of sp³-hybridized carbons (Fsp3) is 0.652. The zero-order chi connectivity index (χ0) is 19.8. The number of hydrogen-bond acceptors (Lipinski definition) is 4. The highest BCUT2D eigenvalue weighted by molar-refractivity contribution is 5.78. The van der Waals surface area contributed by atoms with Gasteiger partial charge in [-0.25, -0.2) is 0 Å². The van der Waals surface area contributed by atoms with Crippen LogP contribution in [0.2, 0.25) is 0 Å². The standard InChI is InChI=1S/C23H32N4O2/c1-26-21(13-20(25-26)22-8-5-11-29-22)19-15-27-10-9-17(19)12-18(27)14-24-23(28)16-6-3-2-4-7-16/h5,8,11,13,16-19H,2-4,6-7,9-10,12,14-15H2,1H3,(H,24,28)/t17-,18+,19+/m0/s1. The highest BCUT2D eigenvalue weighted by Crippen LogP contribution is 2.42. The Labute approximate surface area is 172 Å². The normalized spacial score (nSPS) is 29.8. The fourth-order valence-corrected chi connectivity index (χ4v) is 5.79. The molecule has 1 unspecified atom stereocenters. The largest absolute Gasteiger partial charge is 0.463 e. The number of aromatic nitrogens is 2. The van der Waals surface area contributed by atoms with Crippen molar-refractivity contribution in [1.29, 1.82) is 0 Å². The number of piperidine rings is 3. The van der Waals surface area contributed by atoms with Crippen molar-refractivity contribution in [3.05, 3.63) is 30.2 Å². The van der Waals surface area contributed by atoms with Gasteiger partial charge in [0.25, 0.3) is 0 Å². The molecule has 0 aromatic carbocycles. The van der Waals surface area contributed by atoms with E-state index in [0.717, 1.165) is 50.4 Å². The molecule has 6 nitrogen and oxygen atoms in total. The summed E-state index contributed by atoms with van der Waals surface area (Å²) < 4.78 is 7.56. The summed E-state index contributed by atoms with van der Waals surface area (Å²) in [7, 11) is 2.04. The van der Waals surface area contributed by atoms with Crippen molar-refractivity contribution in [2.45, 2.75) is 56.9 Å². The SMILES string of the molecule is Cn1nc(-c2ccco2)cc1[C@@H]1CN2CC[C@H]1C[C@@H]2CNC(=O)C1CCCCC1. The average Bonchev–Trinajstić information content (AvgIpc) is 3.43. The molecular formula is C23H32N4O2. The molecule has 4 fully saturated rings. The first-order chi connectivity index (χ1) is 14.2. The van der Waals surface area contributed by atoms with E-state index < -0.39 is 0 Å². The van der Waals surface area contributed by atoms with Gasteiger partial charge in [-0.2, -0.15) is 5.10 Å². The molecule has 6 rings (SSSR count). The van der Waals surface area contributed by atoms with Crippen LogP contribution in [0.1, 0.15) is 56.6 Å². The Morgan fingerprint density at radius 3 is 2.86 bits per heavy atom. The van der Waals surface area contributed by atoms with Gasteiger partial charge in [-0.15, -0.1) is 0 Å². The molecule has 1 saturated carbocycles. The van der Waals surface area contributed by atoms with Crippen LogP contribution in [0.15, 0.2) is 28.9 Å². The Morgan fingerprint density at radius 1 is 1.28 bits per heavy atom. The molecule has 6 heteroatoms. The summed E-state index contributed by atoms with van der Waals surface area (Å²) >= 11 is 0. The molecule has 2 bridgehead atoms. The topological polar surface area (TPSA) is 63.3 Å². The van der Waals surface area contributed by atoms with Gasteiger partial charge in [-0.1, -0.05) is 19.3 Å². The van der Waals surface area contributed by atoms with Gasteiger partial charge in [0.2, 0.25) is 5.91 Å². The number of carbonyl (C=O) groups excluding carboxylic acids is 1. The number of amides is 1. The number of furan rings is 1. The summed E-state index contributed by atoms with van der Waals surface area (Å²) in [6, 6.07) is 6.55. The Morgan fingerprint density at radius 2 is 2.14 bits per heavy atom. The van der Waals surface area contributed by atoms with Gasteiger partial charge in [0.15, 0.2) is 5.76 Å². The van der Waals surface area contributed by atoms with Gasteiger partial charge in [-0.3, -0.25) is 14.4 Å². The summed E-state index contributed by atoms with van der Waals surface area (Å²) in [5.41, 5.74) is 2.22. The molecule has 2 aromatic heterocycles. The van der Waals surface area contributed by atoms with Crippen molar-refractivity contribution in [2.75, 3.05) is 19.6 Å². The lowest BCUT2D eigenvalue weighted by Crippen LogP contribution is -2.56. The lowest BCUT2D eigenvalue weighted by molar-refractivity contribution is -0.126. The van der Waals surface area contributed by atoms with E-state index in [0.29, 0.717) is 23.8 Å². The number of rotatable bonds is 5. The first-order valence-corrected chi connectivity index (χ1v) is 11.3. The number of aryl methyl sites for hydroxylation is 1. The molecule has 1 N–H and O–H groups in total. The zero-order valence-electron chi connectivity index (χ0n) is 17.3. The van der Waals surface area contributed by atoms with E-state index >= 15 is 0 Å². The maximum Gasteiger partial charge on any atom is 0.223 e. The maximum atomic E-state index is 12.5. The summed E-state index contributed by atoms with van der Waals surface area (Å²) in [6.45, 7) is 3.02. The van der Waals surface area contributed by atoms with Gasteiger partial charge in [0, 0.05) is 43.7 Å².